The smallest absolute Gasteiger partial charge is 0.0674 e. The number of rotatable bonds is 4. The molecule has 0 aromatic rings. The Morgan fingerprint density at radius 1 is 1.50 bits per heavy atom. The van der Waals surface area contributed by atoms with Crippen LogP contribution >= 0.6 is 0 Å². The molecule has 2 aliphatic rings. The third-order valence-electron chi connectivity index (χ3n) is 3.34. The summed E-state index contributed by atoms with van der Waals surface area (Å²) in [5, 5.41) is 3.44. The second-order valence-electron chi connectivity index (χ2n) is 4.67. The maximum absolute atomic E-state index is 5.54. The Kier molecular flexibility index (Phi) is 3.42. The summed E-state index contributed by atoms with van der Waals surface area (Å²) in [6.45, 7) is 6.48. The van der Waals surface area contributed by atoms with Crippen LogP contribution in [-0.2, 0) is 4.74 Å². The molecule has 14 heavy (non-hydrogen) atoms. The van der Waals surface area contributed by atoms with Crippen molar-refractivity contribution in [1.82, 2.24) is 10.2 Å². The maximum atomic E-state index is 5.54. The van der Waals surface area contributed by atoms with E-state index in [1.54, 1.807) is 0 Å². The van der Waals surface area contributed by atoms with Gasteiger partial charge in [0.05, 0.1) is 12.7 Å². The lowest BCUT2D eigenvalue weighted by Crippen LogP contribution is -2.48. The molecule has 2 rings (SSSR count). The topological polar surface area (TPSA) is 24.5 Å². The van der Waals surface area contributed by atoms with Gasteiger partial charge in [-0.15, -0.1) is 0 Å². The van der Waals surface area contributed by atoms with Gasteiger partial charge in [-0.2, -0.15) is 0 Å². The average Bonchev–Trinajstić information content (AvgIpc) is 2.97. The summed E-state index contributed by atoms with van der Waals surface area (Å²) >= 11 is 0. The predicted molar refractivity (Wildman–Crippen MR) is 57.4 cm³/mol. The molecular formula is C11H22N2O. The highest BCUT2D eigenvalue weighted by Crippen LogP contribution is 2.32. The van der Waals surface area contributed by atoms with Crippen LogP contribution in [0.5, 0.6) is 0 Å². The second kappa shape index (κ2) is 4.60. The van der Waals surface area contributed by atoms with Crippen LogP contribution in [0.15, 0.2) is 0 Å². The fourth-order valence-corrected chi connectivity index (χ4v) is 2.31. The molecule has 1 saturated carbocycles. The van der Waals surface area contributed by atoms with Crippen molar-refractivity contribution in [2.24, 2.45) is 5.92 Å². The predicted octanol–water partition coefficient (Wildman–Crippen LogP) is 0.705. The minimum atomic E-state index is 0.417. The normalized spacial score (nSPS) is 31.7. The van der Waals surface area contributed by atoms with Crippen LogP contribution in [-0.4, -0.2) is 50.3 Å². The molecule has 2 unspecified atom stereocenters. The molecule has 0 aromatic carbocycles. The van der Waals surface area contributed by atoms with Gasteiger partial charge < -0.3 is 10.1 Å². The molecule has 1 aliphatic heterocycles. The van der Waals surface area contributed by atoms with Gasteiger partial charge in [0, 0.05) is 25.7 Å². The van der Waals surface area contributed by atoms with E-state index in [4.69, 9.17) is 4.74 Å². The molecule has 1 heterocycles. The second-order valence-corrected chi connectivity index (χ2v) is 4.67. The molecular weight excluding hydrogens is 176 g/mol. The lowest BCUT2D eigenvalue weighted by atomic mass is 10.1. The molecule has 2 atom stereocenters. The summed E-state index contributed by atoms with van der Waals surface area (Å²) < 4.78 is 5.54. The van der Waals surface area contributed by atoms with E-state index in [-0.39, 0.29) is 0 Å². The Hall–Kier alpha value is -0.120. The summed E-state index contributed by atoms with van der Waals surface area (Å²) in [5.41, 5.74) is 0. The van der Waals surface area contributed by atoms with Crippen molar-refractivity contribution in [2.75, 3.05) is 33.3 Å². The zero-order chi connectivity index (χ0) is 9.97. The van der Waals surface area contributed by atoms with Crippen LogP contribution in [0.4, 0.5) is 0 Å². The lowest BCUT2D eigenvalue weighted by molar-refractivity contribution is -0.0214. The Bertz CT molecular complexity index is 182. The van der Waals surface area contributed by atoms with E-state index in [9.17, 15) is 0 Å². The van der Waals surface area contributed by atoms with Crippen LogP contribution in [0.2, 0.25) is 0 Å². The largest absolute Gasteiger partial charge is 0.376 e. The third kappa shape index (κ3) is 2.69. The molecule has 1 saturated heterocycles. The first-order valence-corrected chi connectivity index (χ1v) is 5.81. The summed E-state index contributed by atoms with van der Waals surface area (Å²) in [5.74, 6) is 0.943. The van der Waals surface area contributed by atoms with Gasteiger partial charge in [0.2, 0.25) is 0 Å². The van der Waals surface area contributed by atoms with Crippen LogP contribution in [0, 0.1) is 5.92 Å². The monoisotopic (exact) mass is 198 g/mol. The molecule has 0 aromatic heterocycles. The van der Waals surface area contributed by atoms with Gasteiger partial charge in [0.25, 0.3) is 0 Å². The summed E-state index contributed by atoms with van der Waals surface area (Å²) in [6.07, 6.45) is 3.26. The average molecular weight is 198 g/mol. The first-order chi connectivity index (χ1) is 6.79. The van der Waals surface area contributed by atoms with Gasteiger partial charge in [-0.3, -0.25) is 4.90 Å². The van der Waals surface area contributed by atoms with Gasteiger partial charge in [0.15, 0.2) is 0 Å². The third-order valence-corrected chi connectivity index (χ3v) is 3.34. The van der Waals surface area contributed by atoms with Crippen LogP contribution < -0.4 is 5.32 Å². The van der Waals surface area contributed by atoms with Gasteiger partial charge in [-0.1, -0.05) is 0 Å². The summed E-state index contributed by atoms with van der Waals surface area (Å²) in [4.78, 5) is 2.54. The van der Waals surface area contributed by atoms with Crippen LogP contribution in [0.25, 0.3) is 0 Å². The Morgan fingerprint density at radius 3 is 2.86 bits per heavy atom. The van der Waals surface area contributed by atoms with Gasteiger partial charge in [-0.25, -0.2) is 0 Å². The van der Waals surface area contributed by atoms with Gasteiger partial charge >= 0.3 is 0 Å². The molecule has 0 bridgehead atoms. The molecule has 0 amide bonds. The van der Waals surface area contributed by atoms with Crippen molar-refractivity contribution >= 4 is 0 Å². The molecule has 1 N–H and O–H groups in total. The van der Waals surface area contributed by atoms with Crippen LogP contribution in [0.3, 0.4) is 0 Å². The van der Waals surface area contributed by atoms with E-state index < -0.39 is 0 Å². The highest BCUT2D eigenvalue weighted by molar-refractivity contribution is 4.88. The number of morpholine rings is 1. The number of nitrogens with one attached hydrogen (secondary N) is 1. The summed E-state index contributed by atoms with van der Waals surface area (Å²) in [7, 11) is 2.09. The Balaban J connectivity index is 1.76. The molecule has 3 heteroatoms. The number of ether oxygens (including phenoxy) is 1. The standard InChI is InChI=1S/C11H22N2O/c1-9-7-13(5-6-14-9)8-11(12-2)10-3-4-10/h9-12H,3-8H2,1-2H3. The lowest BCUT2D eigenvalue weighted by Gasteiger charge is -2.33. The van der Waals surface area contributed by atoms with Crippen molar-refractivity contribution in [3.05, 3.63) is 0 Å². The van der Waals surface area contributed by atoms with Crippen molar-refractivity contribution in [2.45, 2.75) is 31.9 Å². The van der Waals surface area contributed by atoms with E-state index in [1.165, 1.54) is 19.4 Å². The highest BCUT2D eigenvalue weighted by atomic mass is 16.5. The Morgan fingerprint density at radius 2 is 2.29 bits per heavy atom. The minimum absolute atomic E-state index is 0.417. The van der Waals surface area contributed by atoms with E-state index in [2.05, 4.69) is 24.2 Å². The first-order valence-electron chi connectivity index (χ1n) is 5.81. The minimum Gasteiger partial charge on any atom is -0.376 e. The fraction of sp³-hybridized carbons (Fsp3) is 1.00. The zero-order valence-corrected chi connectivity index (χ0v) is 9.33. The quantitative estimate of drug-likeness (QED) is 0.720. The van der Waals surface area contributed by atoms with E-state index in [1.807, 2.05) is 0 Å². The number of nitrogens with zero attached hydrogens (tertiary/aromatic N) is 1. The van der Waals surface area contributed by atoms with Gasteiger partial charge in [0.1, 0.15) is 0 Å². The summed E-state index contributed by atoms with van der Waals surface area (Å²) in [6, 6.07) is 0.709. The van der Waals surface area contributed by atoms with E-state index in [0.717, 1.165) is 25.6 Å². The van der Waals surface area contributed by atoms with Crippen molar-refractivity contribution in [3.8, 4) is 0 Å². The van der Waals surface area contributed by atoms with Crippen LogP contribution in [0.1, 0.15) is 19.8 Å². The van der Waals surface area contributed by atoms with Crippen molar-refractivity contribution in [3.63, 3.8) is 0 Å². The molecule has 0 spiro atoms. The highest BCUT2D eigenvalue weighted by Gasteiger charge is 2.32. The van der Waals surface area contributed by atoms with Crippen molar-refractivity contribution in [1.29, 1.82) is 0 Å². The maximum Gasteiger partial charge on any atom is 0.0674 e. The molecule has 2 fully saturated rings. The molecule has 0 radical (unpaired) electrons. The number of hydrogen-bond donors (Lipinski definition) is 1. The number of likely N-dealkylation sites (N-methyl/N-ethyl adjacent to an activating group) is 1. The SMILES string of the molecule is CNC(CN1CCOC(C)C1)C1CC1. The zero-order valence-electron chi connectivity index (χ0n) is 9.33. The fourth-order valence-electron chi connectivity index (χ4n) is 2.31. The van der Waals surface area contributed by atoms with Gasteiger partial charge in [-0.05, 0) is 32.7 Å². The van der Waals surface area contributed by atoms with E-state index >= 15 is 0 Å². The molecule has 82 valence electrons. The van der Waals surface area contributed by atoms with E-state index in [0.29, 0.717) is 12.1 Å². The first kappa shape index (κ1) is 10.4. The van der Waals surface area contributed by atoms with Crippen molar-refractivity contribution < 1.29 is 4.74 Å². The Labute approximate surface area is 86.8 Å². The molecule has 1 aliphatic carbocycles. The number of hydrogen-bond acceptors (Lipinski definition) is 3. The molecule has 3 nitrogen and oxygen atoms in total.